The fourth-order valence-electron chi connectivity index (χ4n) is 0.714. The van der Waals surface area contributed by atoms with E-state index in [4.69, 9.17) is 5.73 Å². The van der Waals surface area contributed by atoms with E-state index in [0.717, 1.165) is 0 Å². The summed E-state index contributed by atoms with van der Waals surface area (Å²) in [5.74, 6) is 0. The lowest BCUT2D eigenvalue weighted by atomic mass is 10.1. The SMILES string of the molecule is CC(C)(CN)NC(=O)Nc1nncs1. The van der Waals surface area contributed by atoms with Crippen LogP contribution in [0.2, 0.25) is 0 Å². The molecule has 78 valence electrons. The van der Waals surface area contributed by atoms with Gasteiger partial charge in [-0.3, -0.25) is 5.32 Å². The summed E-state index contributed by atoms with van der Waals surface area (Å²) in [6, 6.07) is -0.322. The van der Waals surface area contributed by atoms with Crippen LogP contribution in [-0.4, -0.2) is 28.3 Å². The zero-order valence-corrected chi connectivity index (χ0v) is 8.89. The highest BCUT2D eigenvalue weighted by Crippen LogP contribution is 2.08. The van der Waals surface area contributed by atoms with E-state index >= 15 is 0 Å². The second kappa shape index (κ2) is 4.34. The number of hydrogen-bond acceptors (Lipinski definition) is 5. The first-order valence-corrected chi connectivity index (χ1v) is 4.97. The summed E-state index contributed by atoms with van der Waals surface area (Å²) in [6.45, 7) is 4.05. The van der Waals surface area contributed by atoms with E-state index in [1.807, 2.05) is 13.8 Å². The number of carbonyl (C=O) groups excluding carboxylic acids is 1. The number of aromatic nitrogens is 2. The predicted molar refractivity (Wildman–Crippen MR) is 55.2 cm³/mol. The minimum atomic E-state index is -0.422. The van der Waals surface area contributed by atoms with Crippen molar-refractivity contribution in [3.63, 3.8) is 0 Å². The number of amides is 2. The summed E-state index contributed by atoms with van der Waals surface area (Å²) in [7, 11) is 0. The molecule has 0 spiro atoms. The molecule has 0 unspecified atom stereocenters. The molecule has 4 N–H and O–H groups in total. The normalized spacial score (nSPS) is 11.1. The summed E-state index contributed by atoms with van der Waals surface area (Å²) in [4.78, 5) is 11.3. The molecule has 0 aromatic carbocycles. The Bertz CT molecular complexity index is 297. The third kappa shape index (κ3) is 3.27. The Kier molecular flexibility index (Phi) is 3.37. The highest BCUT2D eigenvalue weighted by Gasteiger charge is 2.18. The zero-order valence-electron chi connectivity index (χ0n) is 8.07. The van der Waals surface area contributed by atoms with E-state index in [1.54, 1.807) is 5.51 Å². The Morgan fingerprint density at radius 2 is 2.43 bits per heavy atom. The predicted octanol–water partition coefficient (Wildman–Crippen LogP) is 0.397. The number of nitrogens with one attached hydrogen (secondary N) is 2. The molecule has 0 saturated heterocycles. The molecule has 0 saturated carbocycles. The van der Waals surface area contributed by atoms with Crippen molar-refractivity contribution < 1.29 is 4.79 Å². The Balaban J connectivity index is 2.44. The van der Waals surface area contributed by atoms with Gasteiger partial charge in [-0.1, -0.05) is 11.3 Å². The third-order valence-corrected chi connectivity index (χ3v) is 2.15. The van der Waals surface area contributed by atoms with Crippen LogP contribution in [0.3, 0.4) is 0 Å². The van der Waals surface area contributed by atoms with Crippen molar-refractivity contribution in [2.24, 2.45) is 5.73 Å². The molecule has 1 aromatic rings. The van der Waals surface area contributed by atoms with Gasteiger partial charge in [0.05, 0.1) is 0 Å². The summed E-state index contributed by atoms with van der Waals surface area (Å²) < 4.78 is 0. The molecule has 0 aliphatic heterocycles. The first-order valence-electron chi connectivity index (χ1n) is 4.09. The van der Waals surface area contributed by atoms with Gasteiger partial charge in [-0.25, -0.2) is 4.79 Å². The molecular formula is C7H13N5OS. The van der Waals surface area contributed by atoms with Gasteiger partial charge in [-0.2, -0.15) is 0 Å². The molecule has 1 rings (SSSR count). The van der Waals surface area contributed by atoms with E-state index in [2.05, 4.69) is 20.8 Å². The van der Waals surface area contributed by atoms with Crippen LogP contribution in [0.1, 0.15) is 13.8 Å². The summed E-state index contributed by atoms with van der Waals surface area (Å²) in [5, 5.41) is 13.0. The molecule has 0 fully saturated rings. The molecular weight excluding hydrogens is 202 g/mol. The molecule has 1 aromatic heterocycles. The largest absolute Gasteiger partial charge is 0.332 e. The Morgan fingerprint density at radius 3 is 2.93 bits per heavy atom. The summed E-state index contributed by atoms with van der Waals surface area (Å²) in [5.41, 5.74) is 6.58. The quantitative estimate of drug-likeness (QED) is 0.680. The van der Waals surface area contributed by atoms with Crippen molar-refractivity contribution in [1.82, 2.24) is 15.5 Å². The highest BCUT2D eigenvalue weighted by molar-refractivity contribution is 7.13. The molecule has 6 nitrogen and oxygen atoms in total. The Labute approximate surface area is 85.9 Å². The maximum absolute atomic E-state index is 11.3. The van der Waals surface area contributed by atoms with Crippen molar-refractivity contribution >= 4 is 22.5 Å². The van der Waals surface area contributed by atoms with Crippen LogP contribution in [-0.2, 0) is 0 Å². The van der Waals surface area contributed by atoms with Crippen LogP contribution in [0.5, 0.6) is 0 Å². The number of nitrogens with two attached hydrogens (primary N) is 1. The van der Waals surface area contributed by atoms with Gasteiger partial charge in [0.15, 0.2) is 0 Å². The fraction of sp³-hybridized carbons (Fsp3) is 0.571. The van der Waals surface area contributed by atoms with Crippen LogP contribution >= 0.6 is 11.3 Å². The standard InChI is InChI=1S/C7H13N5OS/c1-7(2,3-8)11-5(13)10-6-12-9-4-14-6/h4H,3,8H2,1-2H3,(H2,10,11,12,13). The Morgan fingerprint density at radius 1 is 1.71 bits per heavy atom. The summed E-state index contributed by atoms with van der Waals surface area (Å²) >= 11 is 1.26. The van der Waals surface area contributed by atoms with E-state index in [9.17, 15) is 4.79 Å². The van der Waals surface area contributed by atoms with Crippen LogP contribution < -0.4 is 16.4 Å². The van der Waals surface area contributed by atoms with Gasteiger partial charge < -0.3 is 11.1 Å². The number of anilines is 1. The third-order valence-electron chi connectivity index (χ3n) is 1.54. The van der Waals surface area contributed by atoms with Crippen molar-refractivity contribution in [1.29, 1.82) is 0 Å². The first kappa shape index (κ1) is 10.9. The second-order valence-electron chi connectivity index (χ2n) is 3.41. The van der Waals surface area contributed by atoms with Crippen LogP contribution in [0.4, 0.5) is 9.93 Å². The summed E-state index contributed by atoms with van der Waals surface area (Å²) in [6.07, 6.45) is 0. The van der Waals surface area contributed by atoms with Gasteiger partial charge in [-0.15, -0.1) is 10.2 Å². The molecule has 7 heteroatoms. The monoisotopic (exact) mass is 215 g/mol. The van der Waals surface area contributed by atoms with Gasteiger partial charge in [0.1, 0.15) is 5.51 Å². The number of nitrogens with zero attached hydrogens (tertiary/aromatic N) is 2. The van der Waals surface area contributed by atoms with Gasteiger partial charge in [0, 0.05) is 12.1 Å². The number of urea groups is 1. The molecule has 0 aliphatic rings. The fourth-order valence-corrected chi connectivity index (χ4v) is 1.15. The molecule has 0 aliphatic carbocycles. The van der Waals surface area contributed by atoms with Gasteiger partial charge >= 0.3 is 6.03 Å². The highest BCUT2D eigenvalue weighted by atomic mass is 32.1. The number of hydrogen-bond donors (Lipinski definition) is 3. The van der Waals surface area contributed by atoms with Crippen molar-refractivity contribution in [2.45, 2.75) is 19.4 Å². The van der Waals surface area contributed by atoms with Crippen LogP contribution in [0.25, 0.3) is 0 Å². The Hall–Kier alpha value is -1.21. The maximum Gasteiger partial charge on any atom is 0.321 e. The molecule has 2 amide bonds. The van der Waals surface area contributed by atoms with Crippen molar-refractivity contribution in [3.8, 4) is 0 Å². The molecule has 0 bridgehead atoms. The molecule has 14 heavy (non-hydrogen) atoms. The van der Waals surface area contributed by atoms with Gasteiger partial charge in [0.25, 0.3) is 0 Å². The number of rotatable bonds is 3. The van der Waals surface area contributed by atoms with Gasteiger partial charge in [0.2, 0.25) is 5.13 Å². The lowest BCUT2D eigenvalue weighted by molar-refractivity contribution is 0.242. The van der Waals surface area contributed by atoms with Crippen LogP contribution in [0.15, 0.2) is 5.51 Å². The number of carbonyl (C=O) groups is 1. The molecule has 0 atom stereocenters. The average Bonchev–Trinajstić information content (AvgIpc) is 2.55. The average molecular weight is 215 g/mol. The maximum atomic E-state index is 11.3. The molecule has 1 heterocycles. The van der Waals surface area contributed by atoms with E-state index in [1.165, 1.54) is 11.3 Å². The minimum Gasteiger partial charge on any atom is -0.332 e. The van der Waals surface area contributed by atoms with Crippen LogP contribution in [0, 0.1) is 0 Å². The first-order chi connectivity index (χ1) is 6.53. The van der Waals surface area contributed by atoms with E-state index in [0.29, 0.717) is 11.7 Å². The lowest BCUT2D eigenvalue weighted by Crippen LogP contribution is -2.50. The molecule has 0 radical (unpaired) electrons. The van der Waals surface area contributed by atoms with E-state index < -0.39 is 5.54 Å². The van der Waals surface area contributed by atoms with E-state index in [-0.39, 0.29) is 6.03 Å². The van der Waals surface area contributed by atoms with Crippen molar-refractivity contribution in [2.75, 3.05) is 11.9 Å². The topological polar surface area (TPSA) is 92.9 Å². The minimum absolute atomic E-state index is 0.322. The van der Waals surface area contributed by atoms with Gasteiger partial charge in [-0.05, 0) is 13.8 Å². The zero-order chi connectivity index (χ0) is 10.6. The van der Waals surface area contributed by atoms with Crippen molar-refractivity contribution in [3.05, 3.63) is 5.51 Å². The lowest BCUT2D eigenvalue weighted by Gasteiger charge is -2.23. The second-order valence-corrected chi connectivity index (χ2v) is 4.24. The smallest absolute Gasteiger partial charge is 0.321 e.